The highest BCUT2D eigenvalue weighted by Crippen LogP contribution is 2.30. The Hall–Kier alpha value is -2.68. The van der Waals surface area contributed by atoms with Gasteiger partial charge in [-0.2, -0.15) is 5.26 Å². The van der Waals surface area contributed by atoms with Crippen molar-refractivity contribution < 1.29 is 9.53 Å². The highest BCUT2D eigenvalue weighted by molar-refractivity contribution is 5.85. The van der Waals surface area contributed by atoms with Crippen molar-refractivity contribution in [3.05, 3.63) is 30.0 Å². The molecule has 6 heteroatoms. The van der Waals surface area contributed by atoms with Crippen LogP contribution < -0.4 is 4.90 Å². The first-order chi connectivity index (χ1) is 13.0. The molecule has 1 aliphatic heterocycles. The van der Waals surface area contributed by atoms with Gasteiger partial charge in [-0.3, -0.25) is 4.79 Å². The zero-order valence-corrected chi connectivity index (χ0v) is 16.2. The summed E-state index contributed by atoms with van der Waals surface area (Å²) in [6.45, 7) is 8.15. The number of nitriles is 1. The van der Waals surface area contributed by atoms with Crippen LogP contribution >= 0.6 is 0 Å². The molecule has 1 aromatic heterocycles. The number of rotatable bonds is 5. The zero-order valence-electron chi connectivity index (χ0n) is 16.2. The molecule has 1 aromatic carbocycles. The SMILES string of the molecule is CC(C)COC(=O)[C@@H](C#N)c1nc2ccccc2nc1N1CCC(C)CC1. The van der Waals surface area contributed by atoms with Gasteiger partial charge < -0.3 is 9.64 Å². The number of ether oxygens (including phenoxy) is 1. The number of carbonyl (C=O) groups is 1. The average molecular weight is 366 g/mol. The molecule has 27 heavy (non-hydrogen) atoms. The molecular weight excluding hydrogens is 340 g/mol. The zero-order chi connectivity index (χ0) is 19.4. The number of anilines is 1. The lowest BCUT2D eigenvalue weighted by Gasteiger charge is -2.32. The van der Waals surface area contributed by atoms with Gasteiger partial charge in [-0.1, -0.05) is 32.9 Å². The molecule has 0 N–H and O–H groups in total. The van der Waals surface area contributed by atoms with Crippen LogP contribution in [0.2, 0.25) is 0 Å². The van der Waals surface area contributed by atoms with Crippen LogP contribution in [0, 0.1) is 23.2 Å². The summed E-state index contributed by atoms with van der Waals surface area (Å²) in [6, 6.07) is 9.63. The van der Waals surface area contributed by atoms with Crippen molar-refractivity contribution in [2.45, 2.75) is 39.5 Å². The Bertz CT molecular complexity index is 851. The molecule has 142 valence electrons. The molecule has 0 radical (unpaired) electrons. The van der Waals surface area contributed by atoms with Gasteiger partial charge in [0.2, 0.25) is 0 Å². The Labute approximate surface area is 160 Å². The normalized spacial score (nSPS) is 16.3. The summed E-state index contributed by atoms with van der Waals surface area (Å²) in [5, 5.41) is 9.71. The predicted octanol–water partition coefficient (Wildman–Crippen LogP) is 3.67. The summed E-state index contributed by atoms with van der Waals surface area (Å²) < 4.78 is 5.33. The van der Waals surface area contributed by atoms with E-state index in [-0.39, 0.29) is 12.5 Å². The highest BCUT2D eigenvalue weighted by atomic mass is 16.5. The maximum Gasteiger partial charge on any atom is 0.329 e. The first-order valence-corrected chi connectivity index (χ1v) is 9.57. The Balaban J connectivity index is 2.01. The van der Waals surface area contributed by atoms with Gasteiger partial charge in [0.25, 0.3) is 0 Å². The number of para-hydroxylation sites is 2. The van der Waals surface area contributed by atoms with Crippen molar-refractivity contribution in [2.24, 2.45) is 11.8 Å². The van der Waals surface area contributed by atoms with Crippen LogP contribution in [0.4, 0.5) is 5.82 Å². The van der Waals surface area contributed by atoms with E-state index in [9.17, 15) is 10.1 Å². The van der Waals surface area contributed by atoms with Crippen LogP contribution in [0.15, 0.2) is 24.3 Å². The number of nitrogens with zero attached hydrogens (tertiary/aromatic N) is 4. The first kappa shape index (κ1) is 19.1. The van der Waals surface area contributed by atoms with E-state index in [1.165, 1.54) is 0 Å². The molecule has 6 nitrogen and oxygen atoms in total. The van der Waals surface area contributed by atoms with Crippen molar-refractivity contribution in [3.63, 3.8) is 0 Å². The fourth-order valence-electron chi connectivity index (χ4n) is 3.21. The quantitative estimate of drug-likeness (QED) is 0.751. The molecule has 0 amide bonds. The molecule has 1 saturated heterocycles. The van der Waals surface area contributed by atoms with Gasteiger partial charge >= 0.3 is 5.97 Å². The molecule has 0 aliphatic carbocycles. The monoisotopic (exact) mass is 366 g/mol. The van der Waals surface area contributed by atoms with Crippen molar-refractivity contribution >= 4 is 22.8 Å². The summed E-state index contributed by atoms with van der Waals surface area (Å²) in [5.74, 6) is -0.119. The number of carbonyl (C=O) groups excluding carboxylic acids is 1. The van der Waals surface area contributed by atoms with Crippen LogP contribution in [0.1, 0.15) is 45.2 Å². The molecule has 0 spiro atoms. The highest BCUT2D eigenvalue weighted by Gasteiger charge is 2.31. The Morgan fingerprint density at radius 1 is 1.26 bits per heavy atom. The Morgan fingerprint density at radius 2 is 1.89 bits per heavy atom. The third-order valence-electron chi connectivity index (χ3n) is 4.86. The molecule has 2 aromatic rings. The second-order valence-electron chi connectivity index (χ2n) is 7.68. The Kier molecular flexibility index (Phi) is 5.90. The van der Waals surface area contributed by atoms with E-state index in [1.807, 2.05) is 38.1 Å². The molecule has 0 bridgehead atoms. The number of hydrogen-bond donors (Lipinski definition) is 0. The van der Waals surface area contributed by atoms with Gasteiger partial charge in [-0.15, -0.1) is 0 Å². The van der Waals surface area contributed by atoms with Gasteiger partial charge in [-0.05, 0) is 36.8 Å². The van der Waals surface area contributed by atoms with E-state index in [2.05, 4.69) is 22.9 Å². The lowest BCUT2D eigenvalue weighted by Crippen LogP contribution is -2.35. The van der Waals surface area contributed by atoms with Gasteiger partial charge in [0.05, 0.1) is 23.7 Å². The molecule has 0 saturated carbocycles. The summed E-state index contributed by atoms with van der Waals surface area (Å²) in [5.41, 5.74) is 1.85. The van der Waals surface area contributed by atoms with Gasteiger partial charge in [0.1, 0.15) is 5.69 Å². The van der Waals surface area contributed by atoms with E-state index in [0.717, 1.165) is 31.4 Å². The topological polar surface area (TPSA) is 79.1 Å². The van der Waals surface area contributed by atoms with E-state index < -0.39 is 11.9 Å². The van der Waals surface area contributed by atoms with Gasteiger partial charge in [0, 0.05) is 13.1 Å². The minimum absolute atomic E-state index is 0.207. The van der Waals surface area contributed by atoms with Crippen molar-refractivity contribution in [1.29, 1.82) is 5.26 Å². The van der Waals surface area contributed by atoms with Crippen LogP contribution in [-0.2, 0) is 9.53 Å². The summed E-state index contributed by atoms with van der Waals surface area (Å²) in [6.07, 6.45) is 2.12. The standard InChI is InChI=1S/C21H26N4O2/c1-14(2)13-27-21(26)16(12-22)19-20(25-10-8-15(3)9-11-25)24-18-7-5-4-6-17(18)23-19/h4-7,14-16H,8-11,13H2,1-3H3/t16-/m0/s1. The smallest absolute Gasteiger partial charge is 0.329 e. The maximum atomic E-state index is 12.6. The predicted molar refractivity (Wildman–Crippen MR) is 104 cm³/mol. The summed E-state index contributed by atoms with van der Waals surface area (Å²) >= 11 is 0. The number of benzene rings is 1. The minimum atomic E-state index is -1.07. The molecule has 1 fully saturated rings. The molecular formula is C21H26N4O2. The van der Waals surface area contributed by atoms with Gasteiger partial charge in [-0.25, -0.2) is 9.97 Å². The van der Waals surface area contributed by atoms with E-state index in [1.54, 1.807) is 0 Å². The number of piperidine rings is 1. The van der Waals surface area contributed by atoms with E-state index in [4.69, 9.17) is 9.72 Å². The lowest BCUT2D eigenvalue weighted by molar-refractivity contribution is -0.145. The number of fused-ring (bicyclic) bond motifs is 1. The number of aromatic nitrogens is 2. The summed E-state index contributed by atoms with van der Waals surface area (Å²) in [4.78, 5) is 24.2. The van der Waals surface area contributed by atoms with Crippen LogP contribution in [-0.4, -0.2) is 35.6 Å². The molecule has 1 atom stereocenters. The van der Waals surface area contributed by atoms with Crippen molar-refractivity contribution in [3.8, 4) is 6.07 Å². The van der Waals surface area contributed by atoms with Crippen molar-refractivity contribution in [2.75, 3.05) is 24.6 Å². The van der Waals surface area contributed by atoms with Gasteiger partial charge in [0.15, 0.2) is 11.7 Å². The average Bonchev–Trinajstić information content (AvgIpc) is 2.67. The largest absolute Gasteiger partial charge is 0.464 e. The molecule has 1 aliphatic rings. The Morgan fingerprint density at radius 3 is 2.48 bits per heavy atom. The number of hydrogen-bond acceptors (Lipinski definition) is 6. The molecule has 2 heterocycles. The fraction of sp³-hybridized carbons (Fsp3) is 0.524. The maximum absolute atomic E-state index is 12.6. The van der Waals surface area contributed by atoms with Crippen LogP contribution in [0.5, 0.6) is 0 Å². The second-order valence-corrected chi connectivity index (χ2v) is 7.68. The molecule has 3 rings (SSSR count). The van der Waals surface area contributed by atoms with Crippen molar-refractivity contribution in [1.82, 2.24) is 9.97 Å². The first-order valence-electron chi connectivity index (χ1n) is 9.57. The lowest BCUT2D eigenvalue weighted by atomic mass is 9.98. The van der Waals surface area contributed by atoms with Crippen LogP contribution in [0.3, 0.4) is 0 Å². The molecule has 0 unspecified atom stereocenters. The third-order valence-corrected chi connectivity index (χ3v) is 4.86. The number of esters is 1. The second kappa shape index (κ2) is 8.34. The summed E-state index contributed by atoms with van der Waals surface area (Å²) in [7, 11) is 0. The van der Waals surface area contributed by atoms with E-state index in [0.29, 0.717) is 22.9 Å². The van der Waals surface area contributed by atoms with E-state index >= 15 is 0 Å². The fourth-order valence-corrected chi connectivity index (χ4v) is 3.21. The third kappa shape index (κ3) is 4.36. The minimum Gasteiger partial charge on any atom is -0.464 e. The van der Waals surface area contributed by atoms with Crippen LogP contribution in [0.25, 0.3) is 11.0 Å².